The van der Waals surface area contributed by atoms with Crippen molar-refractivity contribution in [1.29, 1.82) is 0 Å². The minimum atomic E-state index is 0.270. The number of hydrogen-bond acceptors (Lipinski definition) is 2. The summed E-state index contributed by atoms with van der Waals surface area (Å²) in [6.45, 7) is 10.1. The number of rotatable bonds is 2. The molecule has 1 saturated heterocycles. The number of hydrogen-bond donors (Lipinski definition) is 2. The Morgan fingerprint density at radius 2 is 1.75 bits per heavy atom. The minimum absolute atomic E-state index is 0.270. The van der Waals surface area contributed by atoms with Gasteiger partial charge in [0, 0.05) is 24.2 Å². The maximum atomic E-state index is 3.68. The Kier molecular flexibility index (Phi) is 3.13. The largest absolute Gasteiger partial charge is 0.311 e. The summed E-state index contributed by atoms with van der Waals surface area (Å²) in [5.41, 5.74) is 0.270. The molecule has 2 heteroatoms. The van der Waals surface area contributed by atoms with Crippen LogP contribution in [0.4, 0.5) is 0 Å². The second kappa shape index (κ2) is 3.75. The van der Waals surface area contributed by atoms with Gasteiger partial charge in [0.2, 0.25) is 0 Å². The molecule has 1 heterocycles. The van der Waals surface area contributed by atoms with Crippen molar-refractivity contribution >= 4 is 0 Å². The second-order valence-corrected chi connectivity index (χ2v) is 4.44. The van der Waals surface area contributed by atoms with Crippen molar-refractivity contribution in [2.24, 2.45) is 0 Å². The topological polar surface area (TPSA) is 24.1 Å². The second-order valence-electron chi connectivity index (χ2n) is 4.44. The molecule has 1 aliphatic heterocycles. The van der Waals surface area contributed by atoms with Gasteiger partial charge in [0.05, 0.1) is 0 Å². The highest BCUT2D eigenvalue weighted by Gasteiger charge is 2.31. The molecule has 1 aliphatic rings. The van der Waals surface area contributed by atoms with Crippen LogP contribution in [0.3, 0.4) is 0 Å². The lowest BCUT2D eigenvalue weighted by Crippen LogP contribution is -2.65. The van der Waals surface area contributed by atoms with E-state index in [4.69, 9.17) is 0 Å². The van der Waals surface area contributed by atoms with E-state index in [1.807, 2.05) is 0 Å². The van der Waals surface area contributed by atoms with Gasteiger partial charge < -0.3 is 10.6 Å². The molecule has 2 atom stereocenters. The van der Waals surface area contributed by atoms with Crippen molar-refractivity contribution in [1.82, 2.24) is 10.6 Å². The van der Waals surface area contributed by atoms with Crippen molar-refractivity contribution in [3.05, 3.63) is 0 Å². The van der Waals surface area contributed by atoms with Gasteiger partial charge in [0.25, 0.3) is 0 Å². The predicted octanol–water partition coefficient (Wildman–Crippen LogP) is 1.51. The quantitative estimate of drug-likeness (QED) is 0.656. The molecule has 0 aromatic rings. The molecule has 0 spiro atoms. The molecule has 0 radical (unpaired) electrons. The van der Waals surface area contributed by atoms with Gasteiger partial charge >= 0.3 is 0 Å². The molecule has 2 nitrogen and oxygen atoms in total. The first-order valence-corrected chi connectivity index (χ1v) is 5.10. The summed E-state index contributed by atoms with van der Waals surface area (Å²) < 4.78 is 0. The molecule has 0 amide bonds. The standard InChI is InChI=1S/C10H22N2/c1-5-8-9(6-2)12-10(3,4)7-11-8/h8-9,11-12H,5-7H2,1-4H3. The molecule has 72 valence electrons. The molecule has 2 unspecified atom stereocenters. The minimum Gasteiger partial charge on any atom is -0.311 e. The summed E-state index contributed by atoms with van der Waals surface area (Å²) in [5.74, 6) is 0. The molecule has 0 aromatic heterocycles. The Balaban J connectivity index is 2.53. The van der Waals surface area contributed by atoms with Crippen molar-refractivity contribution in [3.63, 3.8) is 0 Å². The zero-order valence-corrected chi connectivity index (χ0v) is 8.78. The Morgan fingerprint density at radius 1 is 1.17 bits per heavy atom. The van der Waals surface area contributed by atoms with E-state index in [0.29, 0.717) is 12.1 Å². The van der Waals surface area contributed by atoms with Crippen molar-refractivity contribution in [2.45, 2.75) is 58.2 Å². The van der Waals surface area contributed by atoms with E-state index in [1.54, 1.807) is 0 Å². The van der Waals surface area contributed by atoms with Gasteiger partial charge in [-0.15, -0.1) is 0 Å². The Labute approximate surface area is 76.1 Å². The van der Waals surface area contributed by atoms with E-state index in [0.717, 1.165) is 6.54 Å². The van der Waals surface area contributed by atoms with E-state index in [-0.39, 0.29) is 5.54 Å². The van der Waals surface area contributed by atoms with Crippen LogP contribution in [0.2, 0.25) is 0 Å². The van der Waals surface area contributed by atoms with E-state index in [9.17, 15) is 0 Å². The monoisotopic (exact) mass is 170 g/mol. The zero-order valence-electron chi connectivity index (χ0n) is 8.78. The van der Waals surface area contributed by atoms with Gasteiger partial charge in [0.15, 0.2) is 0 Å². The Morgan fingerprint density at radius 3 is 2.25 bits per heavy atom. The normalized spacial score (nSPS) is 35.0. The summed E-state index contributed by atoms with van der Waals surface area (Å²) >= 11 is 0. The lowest BCUT2D eigenvalue weighted by Gasteiger charge is -2.42. The van der Waals surface area contributed by atoms with Crippen LogP contribution < -0.4 is 10.6 Å². The average Bonchev–Trinajstić information content (AvgIpc) is 2.03. The number of nitrogens with one attached hydrogen (secondary N) is 2. The molecule has 0 bridgehead atoms. The van der Waals surface area contributed by atoms with Crippen LogP contribution in [0.5, 0.6) is 0 Å². The third kappa shape index (κ3) is 2.20. The first-order chi connectivity index (χ1) is 5.59. The summed E-state index contributed by atoms with van der Waals surface area (Å²) in [6.07, 6.45) is 2.44. The van der Waals surface area contributed by atoms with Crippen molar-refractivity contribution in [3.8, 4) is 0 Å². The van der Waals surface area contributed by atoms with E-state index < -0.39 is 0 Å². The highest BCUT2D eigenvalue weighted by atomic mass is 15.1. The fraction of sp³-hybridized carbons (Fsp3) is 1.00. The van der Waals surface area contributed by atoms with Crippen LogP contribution in [0.25, 0.3) is 0 Å². The molecule has 1 rings (SSSR count). The van der Waals surface area contributed by atoms with E-state index in [2.05, 4.69) is 38.3 Å². The van der Waals surface area contributed by atoms with Gasteiger partial charge in [-0.2, -0.15) is 0 Å². The molecule has 12 heavy (non-hydrogen) atoms. The SMILES string of the molecule is CCC1NCC(C)(C)NC1CC. The molecule has 0 aliphatic carbocycles. The zero-order chi connectivity index (χ0) is 9.19. The molecule has 0 saturated carbocycles. The third-order valence-corrected chi connectivity index (χ3v) is 2.75. The van der Waals surface area contributed by atoms with Gasteiger partial charge in [-0.05, 0) is 26.7 Å². The van der Waals surface area contributed by atoms with Gasteiger partial charge in [-0.3, -0.25) is 0 Å². The number of piperazine rings is 1. The fourth-order valence-corrected chi connectivity index (χ4v) is 2.00. The van der Waals surface area contributed by atoms with Gasteiger partial charge in [-0.1, -0.05) is 13.8 Å². The van der Waals surface area contributed by atoms with E-state index >= 15 is 0 Å². The Hall–Kier alpha value is -0.0800. The van der Waals surface area contributed by atoms with Crippen LogP contribution >= 0.6 is 0 Å². The molecular formula is C10H22N2. The summed E-state index contributed by atoms with van der Waals surface area (Å²) in [7, 11) is 0. The predicted molar refractivity (Wildman–Crippen MR) is 53.4 cm³/mol. The van der Waals surface area contributed by atoms with Crippen LogP contribution in [-0.2, 0) is 0 Å². The van der Waals surface area contributed by atoms with E-state index in [1.165, 1.54) is 12.8 Å². The van der Waals surface area contributed by atoms with Crippen LogP contribution in [0, 0.1) is 0 Å². The fourth-order valence-electron chi connectivity index (χ4n) is 2.00. The molecule has 1 fully saturated rings. The first-order valence-electron chi connectivity index (χ1n) is 5.10. The lowest BCUT2D eigenvalue weighted by molar-refractivity contribution is 0.200. The first kappa shape index (κ1) is 10.0. The smallest absolute Gasteiger partial charge is 0.0252 e. The lowest BCUT2D eigenvalue weighted by atomic mass is 9.92. The maximum Gasteiger partial charge on any atom is 0.0252 e. The van der Waals surface area contributed by atoms with Gasteiger partial charge in [0.1, 0.15) is 0 Å². The van der Waals surface area contributed by atoms with Crippen LogP contribution in [0.1, 0.15) is 40.5 Å². The van der Waals surface area contributed by atoms with Crippen molar-refractivity contribution < 1.29 is 0 Å². The maximum absolute atomic E-state index is 3.68. The summed E-state index contributed by atoms with van der Waals surface area (Å²) in [5, 5.41) is 7.28. The van der Waals surface area contributed by atoms with Crippen LogP contribution in [-0.4, -0.2) is 24.2 Å². The molecule has 2 N–H and O–H groups in total. The van der Waals surface area contributed by atoms with Gasteiger partial charge in [-0.25, -0.2) is 0 Å². The molecular weight excluding hydrogens is 148 g/mol. The highest BCUT2D eigenvalue weighted by molar-refractivity contribution is 4.95. The summed E-state index contributed by atoms with van der Waals surface area (Å²) in [6, 6.07) is 1.32. The average molecular weight is 170 g/mol. The molecule has 0 aromatic carbocycles. The third-order valence-electron chi connectivity index (χ3n) is 2.75. The Bertz CT molecular complexity index is 143. The summed E-state index contributed by atoms with van der Waals surface area (Å²) in [4.78, 5) is 0. The van der Waals surface area contributed by atoms with Crippen molar-refractivity contribution in [2.75, 3.05) is 6.54 Å². The van der Waals surface area contributed by atoms with Crippen LogP contribution in [0.15, 0.2) is 0 Å². The highest BCUT2D eigenvalue weighted by Crippen LogP contribution is 2.14.